The standard InChI is InChI=1S/2C32H35O2S.C30H31O4S.C22H20O3S/c2*1-22-13-29(35(27-9-5-3-6-10-27)28-11-7-4-8-12-28)14-23(2)31(22)34-30(33)21-32-18-24-15-25(19-32)17-26(16-24)20-32;1-20-18-24(35(22-12-8-6-9-13-22)23-14-10-7-11-15-23)19-21(2)25(20)33-27(32)30-17-16-29(5,26(31)34-30)28(30,3)4;1-16-13-20(14-17(2)22(16)25-15-21(23)24)26(18-9-5-3-6-10-18)19-11-7-4-8-12-19/h2*3-14,24-26H,15-21H2,1-2H3;6-15,18-19H,16-17H2,1-5H3;3-14H,15H2,1-2H3/q3*+1;/p+1. The van der Waals surface area contributed by atoms with Crippen LogP contribution in [0, 0.1) is 113 Å². The normalized spacial score (nSPS) is 23.0. The Morgan fingerprint density at radius 2 is 0.542 bits per heavy atom. The van der Waals surface area contributed by atoms with Gasteiger partial charge in [0.1, 0.15) is 23.0 Å². The molecular formula is C116H122O11S4+4. The van der Waals surface area contributed by atoms with E-state index in [-0.39, 0.29) is 78.9 Å². The van der Waals surface area contributed by atoms with Crippen LogP contribution in [-0.4, -0.2) is 47.2 Å². The average molecular weight is 1820 g/mol. The van der Waals surface area contributed by atoms with E-state index in [1.165, 1.54) is 131 Å². The fourth-order valence-electron chi connectivity index (χ4n) is 23.8. The Kier molecular flexibility index (Phi) is 27.5. The van der Waals surface area contributed by atoms with Crippen LogP contribution in [0.25, 0.3) is 0 Å². The van der Waals surface area contributed by atoms with Gasteiger partial charge in [-0.1, -0.05) is 159 Å². The summed E-state index contributed by atoms with van der Waals surface area (Å²) in [4.78, 5) is 78.5. The van der Waals surface area contributed by atoms with Gasteiger partial charge < -0.3 is 28.8 Å². The van der Waals surface area contributed by atoms with Crippen LogP contribution < -0.4 is 18.9 Å². The molecule has 10 fully saturated rings. The Labute approximate surface area is 786 Å². The smallest absolute Gasteiger partial charge is 0.356 e. The molecule has 1 heterocycles. The van der Waals surface area contributed by atoms with Crippen LogP contribution in [0.15, 0.2) is 350 Å². The number of hydrogen-bond donors (Lipinski definition) is 1. The zero-order valence-corrected chi connectivity index (χ0v) is 80.6. The first-order valence-corrected chi connectivity index (χ1v) is 51.6. The van der Waals surface area contributed by atoms with Gasteiger partial charge in [-0.25, -0.2) is 9.59 Å². The van der Waals surface area contributed by atoms with Gasteiger partial charge in [0, 0.05) is 53.9 Å². The van der Waals surface area contributed by atoms with Crippen LogP contribution in [0.2, 0.25) is 0 Å². The van der Waals surface area contributed by atoms with Crippen molar-refractivity contribution in [3.63, 3.8) is 0 Å². The molecule has 9 saturated carbocycles. The third kappa shape index (κ3) is 19.7. The van der Waals surface area contributed by atoms with Crippen molar-refractivity contribution in [1.82, 2.24) is 0 Å². The molecule has 0 amide bonds. The molecule has 12 aromatic carbocycles. The van der Waals surface area contributed by atoms with E-state index >= 15 is 0 Å². The number of carboxylic acids is 1. The molecule has 0 aromatic heterocycles. The monoisotopic (exact) mass is 1820 g/mol. The zero-order valence-electron chi connectivity index (χ0n) is 77.4. The van der Waals surface area contributed by atoms with Gasteiger partial charge in [0.2, 0.25) is 5.60 Å². The summed E-state index contributed by atoms with van der Waals surface area (Å²) in [7, 11) is -0.934. The van der Waals surface area contributed by atoms with Crippen molar-refractivity contribution in [2.24, 2.45) is 57.2 Å². The number of esters is 4. The third-order valence-corrected chi connectivity index (χ3v) is 38.0. The number of aliphatic carboxylic acids is 1. The summed E-state index contributed by atoms with van der Waals surface area (Å²) in [5, 5.41) is 8.87. The lowest BCUT2D eigenvalue weighted by atomic mass is 9.49. The molecule has 11 nitrogen and oxygen atoms in total. The minimum Gasteiger partial charge on any atom is -0.481 e. The Balaban J connectivity index is 0.000000123. The highest BCUT2D eigenvalue weighted by Crippen LogP contribution is 2.67. The molecule has 0 spiro atoms. The fourth-order valence-corrected chi connectivity index (χ4v) is 32.9. The number of carbonyl (C=O) groups excluding carboxylic acids is 4. The molecule has 15 heteroatoms. The molecule has 0 radical (unpaired) electrons. The van der Waals surface area contributed by atoms with Crippen LogP contribution in [0.4, 0.5) is 0 Å². The fraction of sp³-hybridized carbons (Fsp3) is 0.336. The van der Waals surface area contributed by atoms with E-state index in [0.29, 0.717) is 37.2 Å². The van der Waals surface area contributed by atoms with E-state index in [1.807, 2.05) is 72.7 Å². The van der Waals surface area contributed by atoms with Gasteiger partial charge in [0.25, 0.3) is 0 Å². The second-order valence-corrected chi connectivity index (χ2v) is 47.3. The van der Waals surface area contributed by atoms with E-state index in [1.54, 1.807) is 0 Å². The van der Waals surface area contributed by atoms with Crippen molar-refractivity contribution < 1.29 is 52.8 Å². The molecule has 12 aromatic rings. The molecule has 10 aliphatic rings. The maximum atomic E-state index is 13.6. The van der Waals surface area contributed by atoms with Crippen molar-refractivity contribution in [3.8, 4) is 23.0 Å². The largest absolute Gasteiger partial charge is 0.481 e. The Bertz CT molecular complexity index is 5600. The van der Waals surface area contributed by atoms with E-state index in [9.17, 15) is 24.0 Å². The maximum Gasteiger partial charge on any atom is 0.356 e. The average Bonchev–Trinajstić information content (AvgIpc) is 1.52. The van der Waals surface area contributed by atoms with Crippen LogP contribution >= 0.6 is 0 Å². The van der Waals surface area contributed by atoms with Gasteiger partial charge in [-0.3, -0.25) is 14.4 Å². The molecule has 1 aliphatic heterocycles. The summed E-state index contributed by atoms with van der Waals surface area (Å²) in [6, 6.07) is 102. The molecule has 131 heavy (non-hydrogen) atoms. The molecule has 672 valence electrons. The third-order valence-electron chi connectivity index (χ3n) is 29.3. The topological polar surface area (TPSA) is 152 Å². The van der Waals surface area contributed by atoms with Gasteiger partial charge in [-0.15, -0.1) is 0 Å². The van der Waals surface area contributed by atoms with Crippen LogP contribution in [0.3, 0.4) is 0 Å². The Hall–Kier alpha value is -10.8. The highest BCUT2D eigenvalue weighted by atomic mass is 32.2. The van der Waals surface area contributed by atoms with Crippen molar-refractivity contribution in [3.05, 3.63) is 336 Å². The summed E-state index contributed by atoms with van der Waals surface area (Å²) in [5.41, 5.74) is 5.72. The number of ether oxygens (including phenoxy) is 5. The summed E-state index contributed by atoms with van der Waals surface area (Å²) in [6.07, 6.45) is 18.1. The SMILES string of the molecule is Cc1cc([S+](c2ccccc2)c2ccccc2)cc(C)c1OC(=O)C12CCC(C)(C(=O)O1)C2(C)C.Cc1cc([S+](c2ccccc2)c2ccccc2)cc(C)c1OC(=O)CC12CC3CC(CC(C3)C1)C2.Cc1cc([S+](c2ccccc2)c2ccccc2)cc(C)c1OC(=O)CC12CC3CC(CC(C3)C1)C2.Cc1cc([S+](c2ccccc2)c2ccccc2)cc(C)c1OCC(=O)O. The number of rotatable bonds is 23. The number of fused-ring (bicyclic) bond motifs is 2. The van der Waals surface area contributed by atoms with Gasteiger partial charge in [0.05, 0.1) is 61.8 Å². The van der Waals surface area contributed by atoms with Gasteiger partial charge in [0.15, 0.2) is 65.4 Å². The molecule has 2 unspecified atom stereocenters. The number of aryl methyl sites for hydroxylation is 8. The molecule has 1 N–H and O–H groups in total. The molecule has 10 bridgehead atoms. The van der Waals surface area contributed by atoms with Crippen molar-refractivity contribution >= 4 is 73.4 Å². The quantitative estimate of drug-likeness (QED) is 0.0370. The lowest BCUT2D eigenvalue weighted by Gasteiger charge is -2.56. The van der Waals surface area contributed by atoms with Crippen molar-refractivity contribution in [1.29, 1.82) is 0 Å². The predicted octanol–water partition coefficient (Wildman–Crippen LogP) is 27.1. The second-order valence-electron chi connectivity index (χ2n) is 39.2. The summed E-state index contributed by atoms with van der Waals surface area (Å²) in [5.74, 6) is 6.02. The van der Waals surface area contributed by atoms with E-state index in [0.717, 1.165) is 96.4 Å². The molecular weight excluding hydrogens is 1700 g/mol. The van der Waals surface area contributed by atoms with Gasteiger partial charge in [-0.2, -0.15) is 0 Å². The Morgan fingerprint density at radius 3 is 0.748 bits per heavy atom. The summed E-state index contributed by atoms with van der Waals surface area (Å²) in [6.45, 7) is 21.7. The van der Waals surface area contributed by atoms with Crippen LogP contribution in [-0.2, 0) is 72.3 Å². The predicted molar refractivity (Wildman–Crippen MR) is 524 cm³/mol. The first-order chi connectivity index (χ1) is 63.1. The Morgan fingerprint density at radius 1 is 0.321 bits per heavy atom. The number of hydrogen-bond acceptors (Lipinski definition) is 10. The molecule has 2 atom stereocenters. The van der Waals surface area contributed by atoms with Crippen LogP contribution in [0.5, 0.6) is 23.0 Å². The maximum absolute atomic E-state index is 13.6. The molecule has 22 rings (SSSR count). The van der Waals surface area contributed by atoms with Crippen LogP contribution in [0.1, 0.15) is 168 Å². The number of benzene rings is 12. The van der Waals surface area contributed by atoms with Gasteiger partial charge in [-0.05, 0) is 340 Å². The number of carbonyl (C=O) groups is 5. The first-order valence-electron chi connectivity index (χ1n) is 46.7. The highest BCUT2D eigenvalue weighted by molar-refractivity contribution is 7.98. The molecule has 1 saturated heterocycles. The molecule has 9 aliphatic carbocycles. The lowest BCUT2D eigenvalue weighted by molar-refractivity contribution is -0.176. The minimum atomic E-state index is -1.24. The van der Waals surface area contributed by atoms with E-state index in [4.69, 9.17) is 28.8 Å². The summed E-state index contributed by atoms with van der Waals surface area (Å²) < 4.78 is 29.5. The highest BCUT2D eigenvalue weighted by Gasteiger charge is 2.76. The lowest BCUT2D eigenvalue weighted by Crippen LogP contribution is -2.50. The summed E-state index contributed by atoms with van der Waals surface area (Å²) >= 11 is 0. The zero-order chi connectivity index (χ0) is 91.5. The van der Waals surface area contributed by atoms with E-state index in [2.05, 4.69) is 295 Å². The van der Waals surface area contributed by atoms with Gasteiger partial charge >= 0.3 is 29.8 Å². The minimum absolute atomic E-state index is 0.0315. The number of carboxylic acid groups (broad SMARTS) is 1. The van der Waals surface area contributed by atoms with Crippen molar-refractivity contribution in [2.75, 3.05) is 6.61 Å². The van der Waals surface area contributed by atoms with Crippen molar-refractivity contribution in [2.45, 2.75) is 243 Å². The first kappa shape index (κ1) is 92.1. The van der Waals surface area contributed by atoms with E-state index < -0.39 is 28.4 Å². The second kappa shape index (κ2) is 39.2.